The number of benzene rings is 1. The molecule has 8 aliphatic rings. The van der Waals surface area contributed by atoms with Crippen molar-refractivity contribution in [2.45, 2.75) is 135 Å². The first-order valence-electron chi connectivity index (χ1n) is 20.0. The number of anilines is 1. The van der Waals surface area contributed by atoms with E-state index in [1.165, 1.54) is 11.8 Å². The summed E-state index contributed by atoms with van der Waals surface area (Å²) in [5.41, 5.74) is 7.96. The third-order valence-electron chi connectivity index (χ3n) is 14.7. The molecule has 2 N–H and O–H groups in total. The van der Waals surface area contributed by atoms with Crippen molar-refractivity contribution < 1.29 is 57.0 Å². The lowest BCUT2D eigenvalue weighted by Gasteiger charge is -2.54. The van der Waals surface area contributed by atoms with Crippen LogP contribution in [0, 0.1) is 35.0 Å². The first-order chi connectivity index (χ1) is 26.2. The molecule has 3 unspecified atom stereocenters. The molecule has 6 fully saturated rings. The standard InChI is InChI=1S/C41H54N2O12/c1-9-43(38(46)48-15-23-10-11-27(26(42)14-23)52-37-30(51-22(7)44)20(5)19(4)21(6)50-37)17-49-33-29-32-31(53-32)28-25-16-47-36(45)24(25)12-13-39(28,8)41(29)35(55-41)34-40(33,54-34)18(2)3/h10-11,14,18-21,28-35,37H,9,12-13,15-17,42H2,1-8H3/t19-,20-,21?,28+,29?,30?,31-,32+,33-,34-,35-,37-,39-,40+,41+/m0/s1. The van der Waals surface area contributed by atoms with E-state index >= 15 is 0 Å². The van der Waals surface area contributed by atoms with Crippen LogP contribution in [0.3, 0.4) is 0 Å². The molecule has 14 heteroatoms. The molecule has 1 amide bonds. The minimum absolute atomic E-state index is 0.00566. The second-order valence-electron chi connectivity index (χ2n) is 17.6. The zero-order valence-electron chi connectivity index (χ0n) is 32.9. The van der Waals surface area contributed by atoms with Crippen LogP contribution in [0.4, 0.5) is 10.5 Å². The van der Waals surface area contributed by atoms with Crippen LogP contribution >= 0.6 is 0 Å². The average molecular weight is 767 g/mol. The van der Waals surface area contributed by atoms with E-state index in [1.54, 1.807) is 18.2 Å². The van der Waals surface area contributed by atoms with Crippen molar-refractivity contribution in [3.05, 3.63) is 34.9 Å². The summed E-state index contributed by atoms with van der Waals surface area (Å²) < 4.78 is 56.0. The second-order valence-corrected chi connectivity index (χ2v) is 17.6. The number of nitrogens with zero attached hydrogens (tertiary/aromatic N) is 1. The Morgan fingerprint density at radius 3 is 2.56 bits per heavy atom. The molecule has 0 radical (unpaired) electrons. The highest BCUT2D eigenvalue weighted by atomic mass is 16.7. The number of epoxide rings is 3. The van der Waals surface area contributed by atoms with Gasteiger partial charge in [-0.3, -0.25) is 9.69 Å². The molecular formula is C41H54N2O12. The number of nitrogen functional groups attached to an aromatic ring is 1. The number of nitrogens with two attached hydrogens (primary N) is 1. The van der Waals surface area contributed by atoms with Crippen LogP contribution < -0.4 is 10.5 Å². The molecule has 300 valence electrons. The fraction of sp³-hybridized carbons (Fsp3) is 0.732. The first-order valence-corrected chi connectivity index (χ1v) is 20.0. The summed E-state index contributed by atoms with van der Waals surface area (Å²) in [7, 11) is 0. The van der Waals surface area contributed by atoms with Crippen LogP contribution in [0.25, 0.3) is 0 Å². The molecule has 5 heterocycles. The fourth-order valence-electron chi connectivity index (χ4n) is 11.3. The molecule has 0 aromatic heterocycles. The highest BCUT2D eigenvalue weighted by molar-refractivity contribution is 5.92. The molecule has 0 bridgehead atoms. The summed E-state index contributed by atoms with van der Waals surface area (Å²) in [4.78, 5) is 39.5. The van der Waals surface area contributed by atoms with Crippen molar-refractivity contribution in [3.63, 3.8) is 0 Å². The number of rotatable bonds is 10. The van der Waals surface area contributed by atoms with Gasteiger partial charge in [-0.15, -0.1) is 0 Å². The van der Waals surface area contributed by atoms with Crippen molar-refractivity contribution in [2.24, 2.45) is 35.0 Å². The molecule has 15 atom stereocenters. The average Bonchev–Trinajstić information content (AvgIpc) is 4.06. The number of esters is 2. The zero-order valence-corrected chi connectivity index (χ0v) is 32.9. The van der Waals surface area contributed by atoms with Crippen molar-refractivity contribution >= 4 is 23.7 Å². The third-order valence-corrected chi connectivity index (χ3v) is 14.7. The van der Waals surface area contributed by atoms with Crippen LogP contribution in [0.1, 0.15) is 73.8 Å². The summed E-state index contributed by atoms with van der Waals surface area (Å²) in [5, 5.41) is 0. The maximum absolute atomic E-state index is 13.5. The Hall–Kier alpha value is -3.43. The van der Waals surface area contributed by atoms with Gasteiger partial charge >= 0.3 is 18.0 Å². The molecule has 2 saturated carbocycles. The first kappa shape index (κ1) is 37.2. The zero-order chi connectivity index (χ0) is 38.9. The Balaban J connectivity index is 0.871. The summed E-state index contributed by atoms with van der Waals surface area (Å²) in [6.07, 6.45) is -1.32. The molecule has 1 aromatic rings. The highest BCUT2D eigenvalue weighted by Gasteiger charge is 2.93. The van der Waals surface area contributed by atoms with E-state index in [0.717, 1.165) is 17.6 Å². The number of carbonyl (C=O) groups is 3. The summed E-state index contributed by atoms with van der Waals surface area (Å²) in [5.74, 6) is 0.0229. The van der Waals surface area contributed by atoms with Crippen LogP contribution in [-0.4, -0.2) is 103 Å². The second kappa shape index (κ2) is 12.8. The van der Waals surface area contributed by atoms with Gasteiger partial charge in [-0.1, -0.05) is 40.7 Å². The number of carbonyl (C=O) groups excluding carboxylic acids is 3. The number of cyclic esters (lactones) is 1. The Morgan fingerprint density at radius 1 is 1.07 bits per heavy atom. The minimum Gasteiger partial charge on any atom is -0.459 e. The minimum atomic E-state index is -0.826. The van der Waals surface area contributed by atoms with E-state index in [1.807, 2.05) is 20.8 Å². The quantitative estimate of drug-likeness (QED) is 0.116. The van der Waals surface area contributed by atoms with Gasteiger partial charge in [-0.25, -0.2) is 9.59 Å². The van der Waals surface area contributed by atoms with Crippen LogP contribution in [0.15, 0.2) is 29.3 Å². The number of hydrogen-bond acceptors (Lipinski definition) is 13. The van der Waals surface area contributed by atoms with E-state index in [-0.39, 0.29) is 90.9 Å². The maximum atomic E-state index is 13.5. The van der Waals surface area contributed by atoms with E-state index in [4.69, 9.17) is 48.4 Å². The predicted octanol–water partition coefficient (Wildman–Crippen LogP) is 4.51. The molecule has 55 heavy (non-hydrogen) atoms. The van der Waals surface area contributed by atoms with E-state index in [0.29, 0.717) is 36.6 Å². The Kier molecular flexibility index (Phi) is 8.64. The monoisotopic (exact) mass is 766 g/mol. The normalized spacial score (nSPS) is 44.1. The van der Waals surface area contributed by atoms with Gasteiger partial charge in [0.2, 0.25) is 6.29 Å². The van der Waals surface area contributed by atoms with Crippen LogP contribution in [-0.2, 0) is 54.1 Å². The number of fused-ring (bicyclic) bond motifs is 7. The maximum Gasteiger partial charge on any atom is 0.411 e. The van der Waals surface area contributed by atoms with Crippen LogP contribution in [0.5, 0.6) is 5.75 Å². The molecule has 1 spiro atoms. The van der Waals surface area contributed by atoms with Crippen molar-refractivity contribution in [2.75, 3.05) is 25.6 Å². The van der Waals surface area contributed by atoms with Gasteiger partial charge in [0, 0.05) is 42.2 Å². The van der Waals surface area contributed by atoms with Crippen molar-refractivity contribution in [3.8, 4) is 5.75 Å². The van der Waals surface area contributed by atoms with Gasteiger partial charge in [-0.2, -0.15) is 0 Å². The third kappa shape index (κ3) is 5.33. The van der Waals surface area contributed by atoms with E-state index < -0.39 is 35.7 Å². The number of ether oxygens (including phenoxy) is 9. The van der Waals surface area contributed by atoms with E-state index in [9.17, 15) is 14.4 Å². The molecule has 9 rings (SSSR count). The van der Waals surface area contributed by atoms with E-state index in [2.05, 4.69) is 27.7 Å². The Bertz CT molecular complexity index is 1820. The number of hydrogen-bond donors (Lipinski definition) is 1. The molecule has 3 aliphatic carbocycles. The SMILES string of the molecule is CCN(CO[C@H]1C2[C@H]3O[C@H]3[C@H]3C4=C(CC[C@]3(C)[C@@]23O[C@H]3[C@@H]2O[C@]12C(C)C)C(=O)OC4)C(=O)OCc1ccc(O[C@@H]2OC(C)[C@@H](C)[C@H](C)C2OC(C)=O)c(N)c1. The summed E-state index contributed by atoms with van der Waals surface area (Å²) in [6.45, 7) is 16.6. The fourth-order valence-corrected chi connectivity index (χ4v) is 11.3. The molecule has 4 saturated heterocycles. The largest absolute Gasteiger partial charge is 0.459 e. The van der Waals surface area contributed by atoms with Crippen molar-refractivity contribution in [1.82, 2.24) is 4.90 Å². The van der Waals surface area contributed by atoms with Gasteiger partial charge in [0.25, 0.3) is 0 Å². The Labute approximate surface area is 321 Å². The van der Waals surface area contributed by atoms with Gasteiger partial charge in [-0.05, 0) is 61.8 Å². The van der Waals surface area contributed by atoms with Gasteiger partial charge < -0.3 is 48.4 Å². The van der Waals surface area contributed by atoms with Gasteiger partial charge in [0.05, 0.1) is 30.1 Å². The topological polar surface area (TPSA) is 173 Å². The number of amides is 1. The molecule has 1 aromatic carbocycles. The molecule has 5 aliphatic heterocycles. The summed E-state index contributed by atoms with van der Waals surface area (Å²) >= 11 is 0. The lowest BCUT2D eigenvalue weighted by molar-refractivity contribution is -0.242. The lowest BCUT2D eigenvalue weighted by Crippen LogP contribution is -2.66. The lowest BCUT2D eigenvalue weighted by atomic mass is 9.47. The van der Waals surface area contributed by atoms with Gasteiger partial charge in [0.15, 0.2) is 6.10 Å². The summed E-state index contributed by atoms with van der Waals surface area (Å²) in [6, 6.07) is 5.17. The smallest absolute Gasteiger partial charge is 0.411 e. The van der Waals surface area contributed by atoms with Crippen LogP contribution in [0.2, 0.25) is 0 Å². The molecular weight excluding hydrogens is 712 g/mol. The predicted molar refractivity (Wildman–Crippen MR) is 193 cm³/mol. The molecule has 14 nitrogen and oxygen atoms in total. The van der Waals surface area contributed by atoms with Gasteiger partial charge in [0.1, 0.15) is 49.1 Å². The van der Waals surface area contributed by atoms with Crippen molar-refractivity contribution in [1.29, 1.82) is 0 Å². The Morgan fingerprint density at radius 2 is 1.85 bits per heavy atom. The highest BCUT2D eigenvalue weighted by Crippen LogP contribution is 2.79.